The highest BCUT2D eigenvalue weighted by atomic mass is 35.5. The molecule has 1 amide bonds. The van der Waals surface area contributed by atoms with Crippen molar-refractivity contribution < 1.29 is 9.90 Å². The first kappa shape index (κ1) is 20.6. The van der Waals surface area contributed by atoms with Gasteiger partial charge in [0.25, 0.3) is 5.91 Å². The number of benzene rings is 2. The zero-order valence-electron chi connectivity index (χ0n) is 16.4. The first-order valence-corrected chi connectivity index (χ1v) is 10.0. The number of aromatic nitrogens is 3. The Balaban J connectivity index is 1.48. The minimum atomic E-state index is -0.544. The first-order valence-electron chi connectivity index (χ1n) is 9.62. The summed E-state index contributed by atoms with van der Waals surface area (Å²) in [5, 5.41) is 16.3. The molecule has 4 N–H and O–H groups in total. The predicted molar refractivity (Wildman–Crippen MR) is 120 cm³/mol. The minimum absolute atomic E-state index is 0.235. The molecule has 0 aliphatic rings. The molecule has 7 nitrogen and oxygen atoms in total. The number of halogens is 1. The van der Waals surface area contributed by atoms with Crippen molar-refractivity contribution in [3.8, 4) is 11.3 Å². The average Bonchev–Trinajstić information content (AvgIpc) is 3.30. The third-order valence-corrected chi connectivity index (χ3v) is 4.95. The van der Waals surface area contributed by atoms with Crippen LogP contribution in [-0.2, 0) is 0 Å². The average molecular weight is 434 g/mol. The lowest BCUT2D eigenvalue weighted by molar-refractivity contribution is 0.0912. The Bertz CT molecular complexity index is 1160. The monoisotopic (exact) mass is 433 g/mol. The van der Waals surface area contributed by atoms with E-state index in [9.17, 15) is 9.90 Å². The third-order valence-electron chi connectivity index (χ3n) is 4.70. The van der Waals surface area contributed by atoms with Crippen LogP contribution in [0.2, 0.25) is 5.02 Å². The molecule has 0 radical (unpaired) electrons. The molecule has 0 spiro atoms. The highest BCUT2D eigenvalue weighted by Crippen LogP contribution is 2.22. The number of nitrogens with zero attached hydrogens (tertiary/aromatic N) is 2. The van der Waals surface area contributed by atoms with Crippen LogP contribution < -0.4 is 10.6 Å². The Hall–Kier alpha value is -3.68. The van der Waals surface area contributed by atoms with Crippen molar-refractivity contribution in [2.45, 2.75) is 6.04 Å². The van der Waals surface area contributed by atoms with Crippen LogP contribution in [0.1, 0.15) is 22.1 Å². The van der Waals surface area contributed by atoms with Crippen molar-refractivity contribution >= 4 is 29.0 Å². The highest BCUT2D eigenvalue weighted by molar-refractivity contribution is 6.30. The number of carbonyl (C=O) groups excluding carboxylic acids is 1. The molecule has 4 rings (SSSR count). The van der Waals surface area contributed by atoms with Crippen LogP contribution >= 0.6 is 11.6 Å². The maximum absolute atomic E-state index is 12.7. The number of aromatic amines is 1. The highest BCUT2D eigenvalue weighted by Gasteiger charge is 2.17. The Morgan fingerprint density at radius 1 is 1.06 bits per heavy atom. The van der Waals surface area contributed by atoms with Crippen LogP contribution in [0, 0.1) is 0 Å². The van der Waals surface area contributed by atoms with E-state index in [1.807, 2.05) is 36.4 Å². The van der Waals surface area contributed by atoms with Gasteiger partial charge in [-0.3, -0.25) is 4.79 Å². The van der Waals surface area contributed by atoms with Crippen molar-refractivity contribution in [1.29, 1.82) is 0 Å². The van der Waals surface area contributed by atoms with E-state index in [4.69, 9.17) is 11.6 Å². The third kappa shape index (κ3) is 5.09. The van der Waals surface area contributed by atoms with E-state index in [1.165, 1.54) is 6.33 Å². The number of hydrogen-bond donors (Lipinski definition) is 4. The number of aliphatic hydroxyl groups excluding tert-OH is 1. The number of carbonyl (C=O) groups is 1. The van der Waals surface area contributed by atoms with Gasteiger partial charge in [-0.25, -0.2) is 9.97 Å². The fraction of sp³-hybridized carbons (Fsp3) is 0.0870. The molecule has 1 atom stereocenters. The van der Waals surface area contributed by atoms with Gasteiger partial charge in [0.1, 0.15) is 17.8 Å². The van der Waals surface area contributed by atoms with E-state index in [0.29, 0.717) is 22.2 Å². The lowest BCUT2D eigenvalue weighted by atomic mass is 10.1. The molecule has 31 heavy (non-hydrogen) atoms. The van der Waals surface area contributed by atoms with Crippen LogP contribution in [0.4, 0.5) is 11.5 Å². The van der Waals surface area contributed by atoms with Gasteiger partial charge in [0.2, 0.25) is 0 Å². The molecule has 2 aromatic carbocycles. The molecule has 0 saturated carbocycles. The predicted octanol–water partition coefficient (Wildman–Crippen LogP) is 4.33. The summed E-state index contributed by atoms with van der Waals surface area (Å²) in [7, 11) is 0. The smallest absolute Gasteiger partial charge is 0.268 e. The van der Waals surface area contributed by atoms with Gasteiger partial charge in [0.15, 0.2) is 0 Å². The summed E-state index contributed by atoms with van der Waals surface area (Å²) in [6.07, 6.45) is 3.18. The second kappa shape index (κ2) is 9.42. The second-order valence-electron chi connectivity index (χ2n) is 6.84. The Labute approximate surface area is 184 Å². The standard InChI is InChI=1S/C23H20ClN5O2/c24-17-8-6-15(7-9-17)21(13-30)29-23(31)20-10-16(12-25-20)19-11-22(27-14-26-19)28-18-4-2-1-3-5-18/h1-12,14,21,25,30H,13H2,(H,29,31)(H,26,27,28)/t21-/m1/s1. The lowest BCUT2D eigenvalue weighted by Gasteiger charge is -2.16. The summed E-state index contributed by atoms with van der Waals surface area (Å²) in [5.74, 6) is 0.309. The topological polar surface area (TPSA) is 103 Å². The lowest BCUT2D eigenvalue weighted by Crippen LogP contribution is -2.30. The summed E-state index contributed by atoms with van der Waals surface area (Å²) in [4.78, 5) is 24.2. The maximum atomic E-state index is 12.7. The van der Waals surface area contributed by atoms with Crippen LogP contribution in [-0.4, -0.2) is 32.6 Å². The molecule has 0 unspecified atom stereocenters. The molecule has 0 aliphatic heterocycles. The number of aliphatic hydroxyl groups is 1. The van der Waals surface area contributed by atoms with Crippen LogP contribution in [0.5, 0.6) is 0 Å². The van der Waals surface area contributed by atoms with E-state index in [-0.39, 0.29) is 12.5 Å². The van der Waals surface area contributed by atoms with E-state index in [0.717, 1.165) is 16.8 Å². The molecule has 2 aromatic heterocycles. The van der Waals surface area contributed by atoms with Gasteiger partial charge < -0.3 is 20.7 Å². The summed E-state index contributed by atoms with van der Waals surface area (Å²) >= 11 is 5.91. The zero-order valence-corrected chi connectivity index (χ0v) is 17.2. The summed E-state index contributed by atoms with van der Waals surface area (Å²) in [5.41, 5.74) is 3.45. The number of H-pyrrole nitrogens is 1. The van der Waals surface area contributed by atoms with Gasteiger partial charge in [0, 0.05) is 28.5 Å². The van der Waals surface area contributed by atoms with Crippen LogP contribution in [0.3, 0.4) is 0 Å². The SMILES string of the molecule is O=C(N[C@H](CO)c1ccc(Cl)cc1)c1cc(-c2cc(Nc3ccccc3)ncn2)c[nH]1. The molecule has 8 heteroatoms. The van der Waals surface area contributed by atoms with Crippen LogP contribution in [0.15, 0.2) is 79.3 Å². The largest absolute Gasteiger partial charge is 0.394 e. The normalized spacial score (nSPS) is 11.7. The fourth-order valence-corrected chi connectivity index (χ4v) is 3.22. The van der Waals surface area contributed by atoms with Gasteiger partial charge in [0.05, 0.1) is 18.3 Å². The number of amides is 1. The number of nitrogens with one attached hydrogen (secondary N) is 3. The number of rotatable bonds is 7. The fourth-order valence-electron chi connectivity index (χ4n) is 3.09. The first-order chi connectivity index (χ1) is 15.1. The van der Waals surface area contributed by atoms with Crippen molar-refractivity contribution in [3.63, 3.8) is 0 Å². The molecule has 0 saturated heterocycles. The summed E-state index contributed by atoms with van der Waals surface area (Å²) in [6, 6.07) is 19.6. The van der Waals surface area contributed by atoms with Gasteiger partial charge in [-0.2, -0.15) is 0 Å². The van der Waals surface area contributed by atoms with Gasteiger partial charge in [-0.1, -0.05) is 41.9 Å². The molecule has 0 fully saturated rings. The zero-order chi connectivity index (χ0) is 21.6. The molecule has 0 aliphatic carbocycles. The van der Waals surface area contributed by atoms with Crippen molar-refractivity contribution in [2.75, 3.05) is 11.9 Å². The van der Waals surface area contributed by atoms with Crippen molar-refractivity contribution in [1.82, 2.24) is 20.3 Å². The van der Waals surface area contributed by atoms with Crippen molar-refractivity contribution in [3.05, 3.63) is 95.5 Å². The van der Waals surface area contributed by atoms with Crippen molar-refractivity contribution in [2.24, 2.45) is 0 Å². The number of anilines is 2. The minimum Gasteiger partial charge on any atom is -0.394 e. The molecular weight excluding hydrogens is 414 g/mol. The molecule has 156 valence electrons. The summed E-state index contributed by atoms with van der Waals surface area (Å²) < 4.78 is 0. The number of hydrogen-bond acceptors (Lipinski definition) is 5. The summed E-state index contributed by atoms with van der Waals surface area (Å²) in [6.45, 7) is -0.235. The maximum Gasteiger partial charge on any atom is 0.268 e. The van der Waals surface area contributed by atoms with E-state index in [1.54, 1.807) is 36.5 Å². The van der Waals surface area contributed by atoms with Gasteiger partial charge >= 0.3 is 0 Å². The van der Waals surface area contributed by atoms with Crippen LogP contribution in [0.25, 0.3) is 11.3 Å². The van der Waals surface area contributed by atoms with E-state index in [2.05, 4.69) is 25.6 Å². The Morgan fingerprint density at radius 2 is 1.84 bits per heavy atom. The number of para-hydroxylation sites is 1. The molecule has 0 bridgehead atoms. The van der Waals surface area contributed by atoms with E-state index >= 15 is 0 Å². The van der Waals surface area contributed by atoms with Gasteiger partial charge in [-0.15, -0.1) is 0 Å². The Kier molecular flexibility index (Phi) is 6.26. The molecule has 2 heterocycles. The Morgan fingerprint density at radius 3 is 2.58 bits per heavy atom. The molecule has 4 aromatic rings. The van der Waals surface area contributed by atoms with Gasteiger partial charge in [-0.05, 0) is 35.9 Å². The van der Waals surface area contributed by atoms with E-state index < -0.39 is 6.04 Å². The molecular formula is C23H20ClN5O2. The second-order valence-corrected chi connectivity index (χ2v) is 7.28. The quantitative estimate of drug-likeness (QED) is 0.347.